The van der Waals surface area contributed by atoms with E-state index >= 15 is 0 Å². The van der Waals surface area contributed by atoms with Gasteiger partial charge in [-0.05, 0) is 48.5 Å². The monoisotopic (exact) mass is 378 g/mol. The van der Waals surface area contributed by atoms with Crippen LogP contribution >= 0.6 is 0 Å². The van der Waals surface area contributed by atoms with Crippen LogP contribution in [0.4, 0.5) is 0 Å². The minimum atomic E-state index is 0.322. The zero-order valence-electron chi connectivity index (χ0n) is 15.2. The first-order valence-corrected chi connectivity index (χ1v) is 8.98. The van der Waals surface area contributed by atoms with E-state index in [0.717, 1.165) is 22.8 Å². The van der Waals surface area contributed by atoms with Crippen molar-refractivity contribution < 1.29 is 4.42 Å². The van der Waals surface area contributed by atoms with E-state index in [1.807, 2.05) is 72.8 Å². The first kappa shape index (κ1) is 16.9. The fourth-order valence-corrected chi connectivity index (χ4v) is 2.85. The minimum absolute atomic E-state index is 0.322. The summed E-state index contributed by atoms with van der Waals surface area (Å²) in [7, 11) is 0. The highest BCUT2D eigenvalue weighted by Crippen LogP contribution is 2.25. The molecule has 29 heavy (non-hydrogen) atoms. The molecule has 7 heteroatoms. The van der Waals surface area contributed by atoms with Crippen LogP contribution in [0, 0.1) is 0 Å². The van der Waals surface area contributed by atoms with Crippen molar-refractivity contribution >= 4 is 0 Å². The number of nitrogens with zero attached hydrogens (tertiary/aromatic N) is 6. The lowest BCUT2D eigenvalue weighted by atomic mass is 10.2. The van der Waals surface area contributed by atoms with Gasteiger partial charge in [0.25, 0.3) is 11.8 Å². The summed E-state index contributed by atoms with van der Waals surface area (Å²) in [5.41, 5.74) is 4.18. The summed E-state index contributed by atoms with van der Waals surface area (Å²) in [6.45, 7) is 0. The molecule has 0 amide bonds. The van der Waals surface area contributed by atoms with Crippen LogP contribution in [-0.4, -0.2) is 30.1 Å². The highest BCUT2D eigenvalue weighted by Gasteiger charge is 2.14. The van der Waals surface area contributed by atoms with E-state index in [9.17, 15) is 0 Å². The van der Waals surface area contributed by atoms with Gasteiger partial charge in [0.15, 0.2) is 0 Å². The Morgan fingerprint density at radius 2 is 0.897 bits per heavy atom. The molecule has 0 aliphatic heterocycles. The molecule has 0 aromatic carbocycles. The number of aromatic nitrogens is 6. The average molecular weight is 378 g/mol. The first-order chi connectivity index (χ1) is 14.4. The van der Waals surface area contributed by atoms with Crippen molar-refractivity contribution in [3.8, 4) is 45.9 Å². The maximum absolute atomic E-state index is 5.85. The second-order valence-corrected chi connectivity index (χ2v) is 6.16. The molecule has 7 nitrogen and oxygen atoms in total. The Hall–Kier alpha value is -4.26. The molecule has 5 rings (SSSR count). The van der Waals surface area contributed by atoms with Crippen LogP contribution in [-0.2, 0) is 0 Å². The molecular formula is C22H14N6O. The normalized spacial score (nSPS) is 10.8. The third-order valence-corrected chi connectivity index (χ3v) is 4.22. The molecule has 0 atom stereocenters. The SMILES string of the molecule is c1ccc(-c2cccc(-c3nnc(-c4cccc(-c5ccccn5)n4)o3)n2)nc1. The lowest BCUT2D eigenvalue weighted by Gasteiger charge is -2.01. The number of pyridine rings is 4. The van der Waals surface area contributed by atoms with Crippen molar-refractivity contribution in [2.45, 2.75) is 0 Å². The quantitative estimate of drug-likeness (QED) is 0.460. The summed E-state index contributed by atoms with van der Waals surface area (Å²) in [6.07, 6.45) is 3.46. The van der Waals surface area contributed by atoms with E-state index in [2.05, 4.69) is 30.1 Å². The predicted molar refractivity (Wildman–Crippen MR) is 107 cm³/mol. The van der Waals surface area contributed by atoms with Crippen molar-refractivity contribution in [3.63, 3.8) is 0 Å². The molecular weight excluding hydrogens is 364 g/mol. The molecule has 0 saturated heterocycles. The van der Waals surface area contributed by atoms with Gasteiger partial charge in [0.1, 0.15) is 11.4 Å². The summed E-state index contributed by atoms with van der Waals surface area (Å²) < 4.78 is 5.85. The van der Waals surface area contributed by atoms with Gasteiger partial charge in [-0.15, -0.1) is 10.2 Å². The first-order valence-electron chi connectivity index (χ1n) is 8.98. The Bertz CT molecular complexity index is 1160. The molecule has 0 aliphatic carbocycles. The largest absolute Gasteiger partial charge is 0.413 e. The highest BCUT2D eigenvalue weighted by atomic mass is 16.4. The Kier molecular flexibility index (Phi) is 4.31. The van der Waals surface area contributed by atoms with Crippen LogP contribution in [0.3, 0.4) is 0 Å². The van der Waals surface area contributed by atoms with Gasteiger partial charge < -0.3 is 4.42 Å². The summed E-state index contributed by atoms with van der Waals surface area (Å²) in [4.78, 5) is 17.9. The maximum Gasteiger partial charge on any atom is 0.266 e. The van der Waals surface area contributed by atoms with Gasteiger partial charge in [0.05, 0.1) is 22.8 Å². The van der Waals surface area contributed by atoms with E-state index in [1.54, 1.807) is 12.4 Å². The molecule has 0 spiro atoms. The summed E-state index contributed by atoms with van der Waals surface area (Å²) in [5.74, 6) is 0.644. The van der Waals surface area contributed by atoms with Crippen LogP contribution in [0.1, 0.15) is 0 Å². The number of hydrogen-bond donors (Lipinski definition) is 0. The van der Waals surface area contributed by atoms with E-state index in [1.165, 1.54) is 0 Å². The third-order valence-electron chi connectivity index (χ3n) is 4.22. The molecule has 5 aromatic rings. The van der Waals surface area contributed by atoms with Gasteiger partial charge in [-0.25, -0.2) is 9.97 Å². The molecule has 138 valence electrons. The Balaban J connectivity index is 1.48. The summed E-state index contributed by atoms with van der Waals surface area (Å²) in [6, 6.07) is 22.6. The zero-order valence-corrected chi connectivity index (χ0v) is 15.2. The van der Waals surface area contributed by atoms with Gasteiger partial charge in [-0.2, -0.15) is 0 Å². The van der Waals surface area contributed by atoms with Crippen LogP contribution in [0.5, 0.6) is 0 Å². The van der Waals surface area contributed by atoms with Crippen LogP contribution in [0.2, 0.25) is 0 Å². The van der Waals surface area contributed by atoms with Gasteiger partial charge in [0, 0.05) is 12.4 Å². The second-order valence-electron chi connectivity index (χ2n) is 6.16. The molecule has 0 unspecified atom stereocenters. The molecule has 0 aliphatic rings. The van der Waals surface area contributed by atoms with Gasteiger partial charge in [0.2, 0.25) is 0 Å². The van der Waals surface area contributed by atoms with E-state index in [-0.39, 0.29) is 0 Å². The molecule has 0 saturated carbocycles. The molecule has 5 heterocycles. The number of rotatable bonds is 4. The van der Waals surface area contributed by atoms with Crippen LogP contribution in [0.15, 0.2) is 89.6 Å². The Labute approximate surface area is 166 Å². The molecule has 0 fully saturated rings. The summed E-state index contributed by atoms with van der Waals surface area (Å²) >= 11 is 0. The smallest absolute Gasteiger partial charge is 0.266 e. The topological polar surface area (TPSA) is 90.5 Å². The lowest BCUT2D eigenvalue weighted by molar-refractivity contribution is 0.580. The Morgan fingerprint density at radius 1 is 0.448 bits per heavy atom. The summed E-state index contributed by atoms with van der Waals surface area (Å²) in [5, 5.41) is 8.29. The highest BCUT2D eigenvalue weighted by molar-refractivity contribution is 5.61. The minimum Gasteiger partial charge on any atom is -0.413 e. The standard InChI is InChI=1S/C22H14N6O/c1-3-13-23-15(7-1)17-9-5-11-19(25-17)21-27-28-22(29-21)20-12-6-10-18(26-20)16-8-2-4-14-24-16/h1-14H. The Morgan fingerprint density at radius 3 is 1.34 bits per heavy atom. The van der Waals surface area contributed by atoms with E-state index in [0.29, 0.717) is 23.2 Å². The number of hydrogen-bond acceptors (Lipinski definition) is 7. The molecule has 0 N–H and O–H groups in total. The van der Waals surface area contributed by atoms with Crippen LogP contribution in [0.25, 0.3) is 45.9 Å². The maximum atomic E-state index is 5.85. The van der Waals surface area contributed by atoms with Crippen molar-refractivity contribution in [2.75, 3.05) is 0 Å². The van der Waals surface area contributed by atoms with Gasteiger partial charge in [-0.3, -0.25) is 9.97 Å². The predicted octanol–water partition coefficient (Wildman–Crippen LogP) is 4.32. The van der Waals surface area contributed by atoms with Crippen molar-refractivity contribution in [1.82, 2.24) is 30.1 Å². The van der Waals surface area contributed by atoms with Crippen molar-refractivity contribution in [3.05, 3.63) is 85.2 Å². The van der Waals surface area contributed by atoms with Crippen molar-refractivity contribution in [2.24, 2.45) is 0 Å². The fourth-order valence-electron chi connectivity index (χ4n) is 2.85. The van der Waals surface area contributed by atoms with E-state index in [4.69, 9.17) is 4.42 Å². The third kappa shape index (κ3) is 3.49. The lowest BCUT2D eigenvalue weighted by Crippen LogP contribution is -1.89. The average Bonchev–Trinajstić information content (AvgIpc) is 3.31. The second kappa shape index (κ2) is 7.40. The van der Waals surface area contributed by atoms with Gasteiger partial charge in [-0.1, -0.05) is 24.3 Å². The molecule has 0 radical (unpaired) electrons. The van der Waals surface area contributed by atoms with Crippen LogP contribution < -0.4 is 0 Å². The van der Waals surface area contributed by atoms with Crippen molar-refractivity contribution in [1.29, 1.82) is 0 Å². The molecule has 0 bridgehead atoms. The molecule has 5 aromatic heterocycles. The fraction of sp³-hybridized carbons (Fsp3) is 0. The van der Waals surface area contributed by atoms with Gasteiger partial charge >= 0.3 is 0 Å². The zero-order chi connectivity index (χ0) is 19.5. The van der Waals surface area contributed by atoms with E-state index < -0.39 is 0 Å².